The van der Waals surface area contributed by atoms with Crippen LogP contribution in [0.5, 0.6) is 0 Å². The minimum atomic E-state index is 0.357. The van der Waals surface area contributed by atoms with E-state index >= 15 is 0 Å². The Hall–Kier alpha value is -1.67. The van der Waals surface area contributed by atoms with Crippen molar-refractivity contribution in [2.45, 2.75) is 32.7 Å². The highest BCUT2D eigenvalue weighted by molar-refractivity contribution is 5.42. The number of nitrogens with two attached hydrogens (primary N) is 1. The quantitative estimate of drug-likeness (QED) is 0.349. The van der Waals surface area contributed by atoms with Gasteiger partial charge in [-0.15, -0.1) is 0 Å². The maximum Gasteiger partial charge on any atom is 0.243 e. The number of hydrogen-bond acceptors (Lipinski definition) is 8. The third kappa shape index (κ3) is 6.09. The van der Waals surface area contributed by atoms with Crippen molar-refractivity contribution in [1.29, 1.82) is 0 Å². The zero-order chi connectivity index (χ0) is 15.8. The highest BCUT2D eigenvalue weighted by atomic mass is 15.4. The van der Waals surface area contributed by atoms with Crippen LogP contribution < -0.4 is 21.5 Å². The largest absolute Gasteiger partial charge is 0.354 e. The van der Waals surface area contributed by atoms with Crippen LogP contribution in [0.1, 0.15) is 26.7 Å². The van der Waals surface area contributed by atoms with Crippen molar-refractivity contribution in [3.63, 3.8) is 0 Å². The number of hydrogen-bond donors (Lipinski definition) is 3. The van der Waals surface area contributed by atoms with E-state index in [1.165, 1.54) is 0 Å². The molecule has 8 nitrogen and oxygen atoms in total. The van der Waals surface area contributed by atoms with E-state index in [1.807, 2.05) is 19.0 Å². The second-order valence-corrected chi connectivity index (χ2v) is 5.53. The van der Waals surface area contributed by atoms with Gasteiger partial charge in [0.1, 0.15) is 0 Å². The molecule has 0 saturated carbocycles. The molecule has 0 aliphatic rings. The first kappa shape index (κ1) is 17.4. The molecule has 21 heavy (non-hydrogen) atoms. The average Bonchev–Trinajstić information content (AvgIpc) is 2.46. The normalized spacial score (nSPS) is 11.0. The fourth-order valence-corrected chi connectivity index (χ4v) is 1.65. The summed E-state index contributed by atoms with van der Waals surface area (Å²) in [5, 5.41) is 3.21. The summed E-state index contributed by atoms with van der Waals surface area (Å²) in [4.78, 5) is 16.8. The Morgan fingerprint density at radius 3 is 2.29 bits per heavy atom. The Morgan fingerprint density at radius 1 is 1.05 bits per heavy atom. The first-order valence-electron chi connectivity index (χ1n) is 7.28. The summed E-state index contributed by atoms with van der Waals surface area (Å²) in [7, 11) is 5.90. The van der Waals surface area contributed by atoms with Crippen LogP contribution in [0, 0.1) is 0 Å². The van der Waals surface area contributed by atoms with Gasteiger partial charge in [-0.2, -0.15) is 15.0 Å². The van der Waals surface area contributed by atoms with Crippen LogP contribution in [-0.2, 0) is 0 Å². The van der Waals surface area contributed by atoms with Gasteiger partial charge in [-0.25, -0.2) is 5.84 Å². The van der Waals surface area contributed by atoms with Crippen molar-refractivity contribution in [1.82, 2.24) is 19.9 Å². The van der Waals surface area contributed by atoms with Gasteiger partial charge in [-0.1, -0.05) is 0 Å². The fourth-order valence-electron chi connectivity index (χ4n) is 1.65. The molecule has 0 aliphatic heterocycles. The molecule has 0 unspecified atom stereocenters. The minimum absolute atomic E-state index is 0.357. The van der Waals surface area contributed by atoms with Gasteiger partial charge in [0.2, 0.25) is 17.8 Å². The molecule has 4 N–H and O–H groups in total. The molecule has 0 aliphatic carbocycles. The molecule has 1 aromatic rings. The first-order chi connectivity index (χ1) is 9.93. The van der Waals surface area contributed by atoms with E-state index < -0.39 is 0 Å². The van der Waals surface area contributed by atoms with Gasteiger partial charge in [-0.3, -0.25) is 5.43 Å². The summed E-state index contributed by atoms with van der Waals surface area (Å²) in [6, 6.07) is 0.585. The molecule has 1 aromatic heterocycles. The predicted molar refractivity (Wildman–Crippen MR) is 87.5 cm³/mol. The van der Waals surface area contributed by atoms with E-state index in [1.54, 1.807) is 0 Å². The van der Waals surface area contributed by atoms with Crippen LogP contribution in [0.2, 0.25) is 0 Å². The van der Waals surface area contributed by atoms with E-state index in [4.69, 9.17) is 5.84 Å². The lowest BCUT2D eigenvalue weighted by Gasteiger charge is -2.20. The number of rotatable bonds is 9. The molecule has 0 bridgehead atoms. The molecule has 120 valence electrons. The number of nitrogens with one attached hydrogen (secondary N) is 2. The number of nitrogens with zero attached hydrogens (tertiary/aromatic N) is 5. The maximum absolute atomic E-state index is 5.37. The van der Waals surface area contributed by atoms with E-state index in [9.17, 15) is 0 Å². The van der Waals surface area contributed by atoms with Crippen LogP contribution in [0.4, 0.5) is 17.8 Å². The molecule has 0 atom stereocenters. The van der Waals surface area contributed by atoms with Gasteiger partial charge in [0.15, 0.2) is 0 Å². The van der Waals surface area contributed by atoms with E-state index in [2.05, 4.69) is 51.5 Å². The van der Waals surface area contributed by atoms with Crippen LogP contribution >= 0.6 is 0 Å². The van der Waals surface area contributed by atoms with Crippen LogP contribution in [0.25, 0.3) is 0 Å². The number of aromatic nitrogens is 3. The van der Waals surface area contributed by atoms with Gasteiger partial charge < -0.3 is 15.1 Å². The van der Waals surface area contributed by atoms with Crippen molar-refractivity contribution >= 4 is 17.8 Å². The SMILES string of the molecule is CC(C)N(C)CCCCNc1nc(NN)nc(N(C)C)n1. The second-order valence-electron chi connectivity index (χ2n) is 5.53. The Bertz CT molecular complexity index is 421. The topological polar surface area (TPSA) is 95.2 Å². The summed E-state index contributed by atoms with van der Waals surface area (Å²) in [5.74, 6) is 6.84. The molecule has 0 radical (unpaired) electrons. The Labute approximate surface area is 127 Å². The molecule has 8 heteroatoms. The van der Waals surface area contributed by atoms with Gasteiger partial charge in [0, 0.05) is 26.7 Å². The Kier molecular flexibility index (Phi) is 7.10. The van der Waals surface area contributed by atoms with Crippen molar-refractivity contribution in [3.8, 4) is 0 Å². The van der Waals surface area contributed by atoms with Crippen molar-refractivity contribution in [2.24, 2.45) is 5.84 Å². The standard InChI is InChI=1S/C13H28N8/c1-10(2)21(5)9-7-6-8-15-11-16-12(19-14)18-13(17-11)20(3)4/h10H,6-9,14H2,1-5H3,(H2,15,16,17,18,19). The molecule has 0 amide bonds. The zero-order valence-electron chi connectivity index (χ0n) is 13.7. The second kappa shape index (κ2) is 8.58. The molecule has 1 heterocycles. The van der Waals surface area contributed by atoms with Gasteiger partial charge >= 0.3 is 0 Å². The van der Waals surface area contributed by atoms with Gasteiger partial charge in [-0.05, 0) is 40.3 Å². The van der Waals surface area contributed by atoms with Gasteiger partial charge in [0.25, 0.3) is 0 Å². The first-order valence-corrected chi connectivity index (χ1v) is 7.28. The van der Waals surface area contributed by atoms with Crippen LogP contribution in [0.15, 0.2) is 0 Å². The van der Waals surface area contributed by atoms with E-state index in [0.717, 1.165) is 25.9 Å². The number of nitrogen functional groups attached to an aromatic ring is 1. The third-order valence-electron chi connectivity index (χ3n) is 3.25. The van der Waals surface area contributed by atoms with E-state index in [0.29, 0.717) is 23.9 Å². The number of anilines is 3. The van der Waals surface area contributed by atoms with Crippen molar-refractivity contribution < 1.29 is 0 Å². The Morgan fingerprint density at radius 2 is 1.71 bits per heavy atom. The van der Waals surface area contributed by atoms with Crippen molar-refractivity contribution in [2.75, 3.05) is 49.9 Å². The molecular formula is C13H28N8. The third-order valence-corrected chi connectivity index (χ3v) is 3.25. The molecule has 0 spiro atoms. The molecular weight excluding hydrogens is 268 g/mol. The smallest absolute Gasteiger partial charge is 0.243 e. The number of hydrazine groups is 1. The summed E-state index contributed by atoms with van der Waals surface area (Å²) >= 11 is 0. The lowest BCUT2D eigenvalue weighted by Crippen LogP contribution is -2.27. The lowest BCUT2D eigenvalue weighted by atomic mass is 10.2. The fraction of sp³-hybridized carbons (Fsp3) is 0.769. The highest BCUT2D eigenvalue weighted by Gasteiger charge is 2.07. The van der Waals surface area contributed by atoms with Crippen LogP contribution in [-0.4, -0.2) is 60.1 Å². The van der Waals surface area contributed by atoms with E-state index in [-0.39, 0.29) is 0 Å². The summed E-state index contributed by atoms with van der Waals surface area (Å²) in [5.41, 5.74) is 2.46. The van der Waals surface area contributed by atoms with Crippen molar-refractivity contribution in [3.05, 3.63) is 0 Å². The highest BCUT2D eigenvalue weighted by Crippen LogP contribution is 2.10. The predicted octanol–water partition coefficient (Wildman–Crippen LogP) is 0.756. The maximum atomic E-state index is 5.37. The van der Waals surface area contributed by atoms with Gasteiger partial charge in [0.05, 0.1) is 0 Å². The molecule has 1 rings (SSSR count). The zero-order valence-corrected chi connectivity index (χ0v) is 13.7. The molecule has 0 saturated heterocycles. The average molecular weight is 296 g/mol. The number of unbranched alkanes of at least 4 members (excludes halogenated alkanes) is 1. The van der Waals surface area contributed by atoms with Crippen LogP contribution in [0.3, 0.4) is 0 Å². The molecule has 0 fully saturated rings. The summed E-state index contributed by atoms with van der Waals surface area (Å²) in [6.07, 6.45) is 2.20. The summed E-state index contributed by atoms with van der Waals surface area (Å²) < 4.78 is 0. The summed E-state index contributed by atoms with van der Waals surface area (Å²) in [6.45, 7) is 6.32. The molecule has 0 aromatic carbocycles. The lowest BCUT2D eigenvalue weighted by molar-refractivity contribution is 0.269. The minimum Gasteiger partial charge on any atom is -0.354 e. The monoisotopic (exact) mass is 296 g/mol. The Balaban J connectivity index is 2.43.